The van der Waals surface area contributed by atoms with Gasteiger partial charge in [-0.25, -0.2) is 0 Å². The molecule has 1 aliphatic rings. The third-order valence-corrected chi connectivity index (χ3v) is 7.49. The number of amides is 2. The fourth-order valence-corrected chi connectivity index (χ4v) is 5.43. The van der Waals surface area contributed by atoms with E-state index in [9.17, 15) is 14.9 Å². The fourth-order valence-electron chi connectivity index (χ4n) is 4.13. The molecule has 0 aliphatic carbocycles. The summed E-state index contributed by atoms with van der Waals surface area (Å²) in [5, 5.41) is 12.8. The number of carbonyl (C=O) groups is 2. The molecule has 37 heavy (non-hydrogen) atoms. The van der Waals surface area contributed by atoms with Crippen LogP contribution in [0, 0.1) is 11.3 Å². The molecule has 3 aromatic carbocycles. The molecule has 1 aliphatic heterocycles. The summed E-state index contributed by atoms with van der Waals surface area (Å²) in [6.45, 7) is 2.46. The van der Waals surface area contributed by atoms with Crippen molar-refractivity contribution in [2.24, 2.45) is 0 Å². The predicted octanol–water partition coefficient (Wildman–Crippen LogP) is 5.04. The zero-order chi connectivity index (χ0) is 26.2. The fraction of sp³-hybridized carbons (Fsp3) is 0.233. The minimum atomic E-state index is -0.486. The lowest BCUT2D eigenvalue weighted by Crippen LogP contribution is -2.32. The number of para-hydroxylation sites is 1. The van der Waals surface area contributed by atoms with Crippen LogP contribution in [-0.4, -0.2) is 30.7 Å². The number of methoxy groups -OCH3 is 1. The average molecular weight is 512 g/mol. The molecule has 1 heterocycles. The van der Waals surface area contributed by atoms with E-state index in [0.717, 1.165) is 23.3 Å². The number of aryl methyl sites for hydroxylation is 1. The van der Waals surface area contributed by atoms with Gasteiger partial charge in [0.1, 0.15) is 22.4 Å². The van der Waals surface area contributed by atoms with Gasteiger partial charge < -0.3 is 10.1 Å². The minimum absolute atomic E-state index is 0.0548. The van der Waals surface area contributed by atoms with Crippen molar-refractivity contribution < 1.29 is 14.3 Å². The van der Waals surface area contributed by atoms with Gasteiger partial charge in [-0.2, -0.15) is 5.26 Å². The van der Waals surface area contributed by atoms with E-state index in [0.29, 0.717) is 30.1 Å². The van der Waals surface area contributed by atoms with Crippen LogP contribution in [0.1, 0.15) is 23.6 Å². The number of carbonyl (C=O) groups excluding carboxylic acids is 2. The summed E-state index contributed by atoms with van der Waals surface area (Å²) in [5.74, 6) is 0.147. The molecule has 6 nitrogen and oxygen atoms in total. The van der Waals surface area contributed by atoms with Crippen LogP contribution in [0.5, 0.6) is 5.75 Å². The molecule has 0 spiro atoms. The number of hydrogen-bond donors (Lipinski definition) is 1. The van der Waals surface area contributed by atoms with Gasteiger partial charge in [0, 0.05) is 12.2 Å². The first-order valence-corrected chi connectivity index (χ1v) is 13.1. The standard InChI is InChI=1S/C30H29N3O3S/c1-3-21-9-11-23(12-10-21)19-27-29(35)33(24-7-5-4-6-8-24)30(37-27)26(20-31)28(34)32-18-17-22-13-15-25(36-2)16-14-22/h4-16,27H,3,17-19H2,1-2H3,(H,32,34). The molecule has 1 atom stereocenters. The highest BCUT2D eigenvalue weighted by Gasteiger charge is 2.40. The summed E-state index contributed by atoms with van der Waals surface area (Å²) < 4.78 is 5.18. The maximum absolute atomic E-state index is 13.6. The van der Waals surface area contributed by atoms with Crippen LogP contribution >= 0.6 is 11.8 Å². The zero-order valence-electron chi connectivity index (χ0n) is 20.9. The maximum atomic E-state index is 13.6. The molecule has 1 unspecified atom stereocenters. The first-order valence-electron chi connectivity index (χ1n) is 12.2. The summed E-state index contributed by atoms with van der Waals surface area (Å²) in [6, 6.07) is 27.1. The van der Waals surface area contributed by atoms with Gasteiger partial charge in [-0.15, -0.1) is 0 Å². The highest BCUT2D eigenvalue weighted by molar-refractivity contribution is 8.05. The maximum Gasteiger partial charge on any atom is 0.264 e. The summed E-state index contributed by atoms with van der Waals surface area (Å²) in [5.41, 5.74) is 3.90. The summed E-state index contributed by atoms with van der Waals surface area (Å²) in [4.78, 5) is 28.2. The van der Waals surface area contributed by atoms with Gasteiger partial charge in [-0.05, 0) is 60.2 Å². The van der Waals surface area contributed by atoms with Crippen LogP contribution in [0.15, 0.2) is 89.5 Å². The topological polar surface area (TPSA) is 82.4 Å². The van der Waals surface area contributed by atoms with E-state index in [1.165, 1.54) is 22.2 Å². The second kappa shape index (κ2) is 12.3. The van der Waals surface area contributed by atoms with Crippen molar-refractivity contribution in [3.8, 4) is 11.8 Å². The summed E-state index contributed by atoms with van der Waals surface area (Å²) in [6.07, 6.45) is 2.07. The van der Waals surface area contributed by atoms with Crippen LogP contribution in [-0.2, 0) is 28.9 Å². The van der Waals surface area contributed by atoms with Crippen molar-refractivity contribution in [3.63, 3.8) is 0 Å². The second-order valence-electron chi connectivity index (χ2n) is 8.64. The molecule has 0 radical (unpaired) electrons. The molecule has 2 amide bonds. The Labute approximate surface area is 221 Å². The van der Waals surface area contributed by atoms with Crippen LogP contribution in [0.4, 0.5) is 5.69 Å². The van der Waals surface area contributed by atoms with Gasteiger partial charge in [0.05, 0.1) is 12.4 Å². The Morgan fingerprint density at radius 3 is 2.27 bits per heavy atom. The van der Waals surface area contributed by atoms with Gasteiger partial charge in [-0.1, -0.05) is 73.3 Å². The average Bonchev–Trinajstić information content (AvgIpc) is 3.25. The molecule has 1 N–H and O–H groups in total. The largest absolute Gasteiger partial charge is 0.497 e. The van der Waals surface area contributed by atoms with E-state index < -0.39 is 11.2 Å². The van der Waals surface area contributed by atoms with Gasteiger partial charge in [0.15, 0.2) is 0 Å². The lowest BCUT2D eigenvalue weighted by atomic mass is 10.1. The molecular formula is C30H29N3O3S. The normalized spacial score (nSPS) is 16.3. The Morgan fingerprint density at radius 2 is 1.65 bits per heavy atom. The Bertz CT molecular complexity index is 1310. The number of nitriles is 1. The number of hydrogen-bond acceptors (Lipinski definition) is 5. The van der Waals surface area contributed by atoms with E-state index >= 15 is 0 Å². The number of nitrogens with one attached hydrogen (secondary N) is 1. The molecule has 1 fully saturated rings. The molecule has 0 saturated carbocycles. The molecular weight excluding hydrogens is 482 g/mol. The Kier molecular flexibility index (Phi) is 8.65. The number of thioether (sulfide) groups is 1. The SMILES string of the molecule is CCc1ccc(CC2SC(=C(C#N)C(=O)NCCc3ccc(OC)cc3)N(c3ccccc3)C2=O)cc1. The van der Waals surface area contributed by atoms with E-state index in [4.69, 9.17) is 4.74 Å². The first kappa shape index (κ1) is 26.1. The van der Waals surface area contributed by atoms with Crippen molar-refractivity contribution in [3.05, 3.63) is 106 Å². The number of anilines is 1. The van der Waals surface area contributed by atoms with Crippen molar-refractivity contribution >= 4 is 29.3 Å². The molecule has 7 heteroatoms. The zero-order valence-corrected chi connectivity index (χ0v) is 21.8. The van der Waals surface area contributed by atoms with Crippen molar-refractivity contribution in [1.29, 1.82) is 5.26 Å². The second-order valence-corrected chi connectivity index (χ2v) is 9.83. The molecule has 4 rings (SSSR count). The highest BCUT2D eigenvalue weighted by Crippen LogP contribution is 2.41. The molecule has 0 aromatic heterocycles. The van der Waals surface area contributed by atoms with Gasteiger partial charge in [0.25, 0.3) is 5.91 Å². The van der Waals surface area contributed by atoms with Crippen LogP contribution in [0.2, 0.25) is 0 Å². The molecule has 3 aromatic rings. The van der Waals surface area contributed by atoms with Crippen LogP contribution < -0.4 is 15.0 Å². The third-order valence-electron chi connectivity index (χ3n) is 6.23. The highest BCUT2D eigenvalue weighted by atomic mass is 32.2. The van der Waals surface area contributed by atoms with E-state index in [-0.39, 0.29) is 11.5 Å². The first-order chi connectivity index (χ1) is 18.0. The lowest BCUT2D eigenvalue weighted by molar-refractivity contribution is -0.117. The summed E-state index contributed by atoms with van der Waals surface area (Å²) >= 11 is 1.28. The number of nitrogens with zero attached hydrogens (tertiary/aromatic N) is 2. The van der Waals surface area contributed by atoms with Crippen LogP contribution in [0.25, 0.3) is 0 Å². The molecule has 0 bridgehead atoms. The summed E-state index contributed by atoms with van der Waals surface area (Å²) in [7, 11) is 1.61. The van der Waals surface area contributed by atoms with Gasteiger partial charge in [0.2, 0.25) is 5.91 Å². The lowest BCUT2D eigenvalue weighted by Gasteiger charge is -2.18. The Hall–Kier alpha value is -4.02. The smallest absolute Gasteiger partial charge is 0.264 e. The Morgan fingerprint density at radius 1 is 1.00 bits per heavy atom. The van der Waals surface area contributed by atoms with E-state index in [1.807, 2.05) is 66.7 Å². The molecule has 188 valence electrons. The van der Waals surface area contributed by atoms with Gasteiger partial charge in [-0.3, -0.25) is 14.5 Å². The van der Waals surface area contributed by atoms with E-state index in [1.54, 1.807) is 7.11 Å². The van der Waals surface area contributed by atoms with Gasteiger partial charge >= 0.3 is 0 Å². The Balaban J connectivity index is 1.55. The van der Waals surface area contributed by atoms with E-state index in [2.05, 4.69) is 30.4 Å². The monoisotopic (exact) mass is 511 g/mol. The predicted molar refractivity (Wildman–Crippen MR) is 147 cm³/mol. The number of rotatable bonds is 9. The van der Waals surface area contributed by atoms with Crippen molar-refractivity contribution in [1.82, 2.24) is 5.32 Å². The quantitative estimate of drug-likeness (QED) is 0.321. The van der Waals surface area contributed by atoms with Crippen molar-refractivity contribution in [2.75, 3.05) is 18.6 Å². The van der Waals surface area contributed by atoms with Crippen LogP contribution in [0.3, 0.4) is 0 Å². The minimum Gasteiger partial charge on any atom is -0.497 e. The number of benzene rings is 3. The number of ether oxygens (including phenoxy) is 1. The van der Waals surface area contributed by atoms with Crippen molar-refractivity contribution in [2.45, 2.75) is 31.4 Å². The third kappa shape index (κ3) is 6.22. The molecule has 1 saturated heterocycles.